The van der Waals surface area contributed by atoms with Gasteiger partial charge in [0.25, 0.3) is 5.91 Å². The first kappa shape index (κ1) is 12.0. The zero-order valence-electron chi connectivity index (χ0n) is 9.50. The van der Waals surface area contributed by atoms with Crippen LogP contribution in [0.1, 0.15) is 15.9 Å². The fourth-order valence-corrected chi connectivity index (χ4v) is 3.34. The summed E-state index contributed by atoms with van der Waals surface area (Å²) in [5, 5.41) is 8.12. The van der Waals surface area contributed by atoms with Crippen molar-refractivity contribution in [2.24, 2.45) is 0 Å². The largest absolute Gasteiger partial charge is 0.384 e. The van der Waals surface area contributed by atoms with Crippen LogP contribution in [0.3, 0.4) is 0 Å². The van der Waals surface area contributed by atoms with Gasteiger partial charge in [-0.05, 0) is 58.8 Å². The number of thiophene rings is 1. The van der Waals surface area contributed by atoms with Crippen LogP contribution in [0.15, 0.2) is 29.6 Å². The topological polar surface area (TPSA) is 41.1 Å². The molecule has 1 aromatic heterocycles. The summed E-state index contributed by atoms with van der Waals surface area (Å²) in [6.07, 6.45) is 1.02. The van der Waals surface area contributed by atoms with E-state index in [1.165, 1.54) is 11.3 Å². The minimum Gasteiger partial charge on any atom is -0.384 e. The molecule has 1 aliphatic rings. The van der Waals surface area contributed by atoms with Gasteiger partial charge >= 0.3 is 0 Å². The molecule has 0 spiro atoms. The Morgan fingerprint density at radius 3 is 3.06 bits per heavy atom. The molecule has 0 aliphatic carbocycles. The van der Waals surface area contributed by atoms with E-state index in [2.05, 4.69) is 33.2 Å². The molecule has 2 N–H and O–H groups in total. The number of amides is 1. The third-order valence-corrected chi connectivity index (χ3v) is 4.69. The van der Waals surface area contributed by atoms with Crippen LogP contribution in [0.2, 0.25) is 0 Å². The Labute approximate surface area is 123 Å². The molecule has 1 aromatic carbocycles. The maximum atomic E-state index is 12.0. The highest BCUT2D eigenvalue weighted by Gasteiger charge is 2.12. The number of carbonyl (C=O) groups is 1. The van der Waals surface area contributed by atoms with Gasteiger partial charge in [0.15, 0.2) is 0 Å². The van der Waals surface area contributed by atoms with Gasteiger partial charge in [0.1, 0.15) is 0 Å². The summed E-state index contributed by atoms with van der Waals surface area (Å²) in [7, 11) is 0. The number of hydrogen-bond donors (Lipinski definition) is 2. The van der Waals surface area contributed by atoms with E-state index >= 15 is 0 Å². The van der Waals surface area contributed by atoms with Crippen LogP contribution < -0.4 is 10.6 Å². The average molecular weight is 370 g/mol. The summed E-state index contributed by atoms with van der Waals surface area (Å²) in [5.74, 6) is -0.0416. The number of anilines is 2. The molecule has 0 saturated carbocycles. The summed E-state index contributed by atoms with van der Waals surface area (Å²) in [5.41, 5.74) is 4.04. The molecule has 0 saturated heterocycles. The van der Waals surface area contributed by atoms with Crippen molar-refractivity contribution in [3.63, 3.8) is 0 Å². The van der Waals surface area contributed by atoms with Gasteiger partial charge in [-0.1, -0.05) is 0 Å². The van der Waals surface area contributed by atoms with Gasteiger partial charge in [0.05, 0.1) is 8.45 Å². The smallest absolute Gasteiger partial charge is 0.256 e. The number of benzene rings is 1. The van der Waals surface area contributed by atoms with Gasteiger partial charge in [-0.2, -0.15) is 0 Å². The molecular weight excluding hydrogens is 359 g/mol. The Morgan fingerprint density at radius 2 is 2.28 bits per heavy atom. The Kier molecular flexibility index (Phi) is 3.25. The van der Waals surface area contributed by atoms with Crippen LogP contribution in [0.25, 0.3) is 0 Å². The first-order valence-electron chi connectivity index (χ1n) is 5.64. The average Bonchev–Trinajstić information content (AvgIpc) is 2.96. The van der Waals surface area contributed by atoms with Crippen molar-refractivity contribution < 1.29 is 4.79 Å². The summed E-state index contributed by atoms with van der Waals surface area (Å²) in [6, 6.07) is 7.90. The van der Waals surface area contributed by atoms with Gasteiger partial charge in [-0.3, -0.25) is 4.79 Å². The minimum atomic E-state index is -0.0416. The molecule has 92 valence electrons. The monoisotopic (exact) mass is 370 g/mol. The SMILES string of the molecule is O=C(Nc1ccc2c(c1)CCN2)c1csc(I)c1. The third kappa shape index (κ3) is 2.37. The van der Waals surface area contributed by atoms with Crippen molar-refractivity contribution in [1.82, 2.24) is 0 Å². The number of nitrogens with one attached hydrogen (secondary N) is 2. The molecule has 3 nitrogen and oxygen atoms in total. The maximum absolute atomic E-state index is 12.0. The van der Waals surface area contributed by atoms with Crippen LogP contribution in [0.4, 0.5) is 11.4 Å². The van der Waals surface area contributed by atoms with Crippen molar-refractivity contribution in [3.05, 3.63) is 43.7 Å². The molecular formula is C13H11IN2OS. The quantitative estimate of drug-likeness (QED) is 0.794. The van der Waals surface area contributed by atoms with Crippen molar-refractivity contribution in [3.8, 4) is 0 Å². The maximum Gasteiger partial charge on any atom is 0.256 e. The molecule has 0 radical (unpaired) electrons. The standard InChI is InChI=1S/C13H11IN2OS/c14-12-6-9(7-18-12)13(17)16-10-1-2-11-8(5-10)3-4-15-11/h1-2,5-7,15H,3-4H2,(H,16,17). The molecule has 1 amide bonds. The Hall–Kier alpha value is -1.08. The van der Waals surface area contributed by atoms with E-state index < -0.39 is 0 Å². The van der Waals surface area contributed by atoms with E-state index in [0.717, 1.165) is 27.1 Å². The minimum absolute atomic E-state index is 0.0416. The second-order valence-corrected chi connectivity index (χ2v) is 6.95. The predicted octanol–water partition coefficient (Wildman–Crippen LogP) is 3.57. The third-order valence-electron chi connectivity index (χ3n) is 2.90. The molecule has 2 aromatic rings. The van der Waals surface area contributed by atoms with Crippen LogP contribution in [0, 0.1) is 2.88 Å². The van der Waals surface area contributed by atoms with Gasteiger partial charge in [0.2, 0.25) is 0 Å². The molecule has 0 fully saturated rings. The van der Waals surface area contributed by atoms with E-state index in [0.29, 0.717) is 0 Å². The molecule has 3 rings (SSSR count). The van der Waals surface area contributed by atoms with E-state index in [-0.39, 0.29) is 5.91 Å². The fourth-order valence-electron chi connectivity index (χ4n) is 2.02. The summed E-state index contributed by atoms with van der Waals surface area (Å²) in [6.45, 7) is 0.982. The van der Waals surface area contributed by atoms with Crippen LogP contribution in [-0.2, 0) is 6.42 Å². The van der Waals surface area contributed by atoms with Gasteiger partial charge in [0, 0.05) is 23.3 Å². The van der Waals surface area contributed by atoms with Crippen molar-refractivity contribution >= 4 is 51.2 Å². The van der Waals surface area contributed by atoms with Crippen LogP contribution in [-0.4, -0.2) is 12.5 Å². The van der Waals surface area contributed by atoms with E-state index in [9.17, 15) is 4.79 Å². The Balaban J connectivity index is 1.78. The van der Waals surface area contributed by atoms with E-state index in [1.807, 2.05) is 29.6 Å². The lowest BCUT2D eigenvalue weighted by Crippen LogP contribution is -2.10. The molecule has 2 heterocycles. The summed E-state index contributed by atoms with van der Waals surface area (Å²) in [4.78, 5) is 12.0. The highest BCUT2D eigenvalue weighted by atomic mass is 127. The highest BCUT2D eigenvalue weighted by Crippen LogP contribution is 2.26. The van der Waals surface area contributed by atoms with Crippen LogP contribution in [0.5, 0.6) is 0 Å². The normalized spacial score (nSPS) is 12.9. The zero-order valence-corrected chi connectivity index (χ0v) is 12.5. The Bertz CT molecular complexity index is 609. The Morgan fingerprint density at radius 1 is 1.39 bits per heavy atom. The number of hydrogen-bond acceptors (Lipinski definition) is 3. The van der Waals surface area contributed by atoms with Gasteiger partial charge < -0.3 is 10.6 Å². The number of fused-ring (bicyclic) bond motifs is 1. The van der Waals surface area contributed by atoms with Gasteiger partial charge in [-0.15, -0.1) is 11.3 Å². The lowest BCUT2D eigenvalue weighted by atomic mass is 10.1. The lowest BCUT2D eigenvalue weighted by Gasteiger charge is -2.06. The predicted molar refractivity (Wildman–Crippen MR) is 83.6 cm³/mol. The molecule has 0 unspecified atom stereocenters. The number of carbonyl (C=O) groups excluding carboxylic acids is 1. The van der Waals surface area contributed by atoms with Crippen molar-refractivity contribution in [2.45, 2.75) is 6.42 Å². The molecule has 5 heteroatoms. The summed E-state index contributed by atoms with van der Waals surface area (Å²) < 4.78 is 1.12. The number of halogens is 1. The van der Waals surface area contributed by atoms with Gasteiger partial charge in [-0.25, -0.2) is 0 Å². The zero-order chi connectivity index (χ0) is 12.5. The second kappa shape index (κ2) is 4.89. The van der Waals surface area contributed by atoms with E-state index in [1.54, 1.807) is 11.3 Å². The number of rotatable bonds is 2. The molecule has 1 aliphatic heterocycles. The molecule has 0 atom stereocenters. The molecule has 0 bridgehead atoms. The van der Waals surface area contributed by atoms with Crippen molar-refractivity contribution in [2.75, 3.05) is 17.2 Å². The molecule has 18 heavy (non-hydrogen) atoms. The first-order chi connectivity index (χ1) is 8.72. The second-order valence-electron chi connectivity index (χ2n) is 4.14. The van der Waals surface area contributed by atoms with E-state index in [4.69, 9.17) is 0 Å². The fraction of sp³-hybridized carbons (Fsp3) is 0.154. The van der Waals surface area contributed by atoms with Crippen molar-refractivity contribution in [1.29, 1.82) is 0 Å². The summed E-state index contributed by atoms with van der Waals surface area (Å²) >= 11 is 3.80. The highest BCUT2D eigenvalue weighted by molar-refractivity contribution is 14.1. The van der Waals surface area contributed by atoms with Crippen LogP contribution >= 0.6 is 33.9 Å². The lowest BCUT2D eigenvalue weighted by molar-refractivity contribution is 0.102. The first-order valence-corrected chi connectivity index (χ1v) is 7.60.